The fourth-order valence-corrected chi connectivity index (χ4v) is 1.83. The second kappa shape index (κ2) is 6.54. The van der Waals surface area contributed by atoms with Gasteiger partial charge in [0, 0.05) is 6.42 Å². The predicted octanol–water partition coefficient (Wildman–Crippen LogP) is 1.68. The molecule has 0 N–H and O–H groups in total. The van der Waals surface area contributed by atoms with Gasteiger partial charge in [-0.15, -0.1) is 0 Å². The molecule has 0 aromatic heterocycles. The van der Waals surface area contributed by atoms with Crippen LogP contribution in [0, 0.1) is 0 Å². The highest BCUT2D eigenvalue weighted by atomic mass is 16.6. The number of piperidine rings is 1. The van der Waals surface area contributed by atoms with Gasteiger partial charge in [0.15, 0.2) is 5.78 Å². The zero-order chi connectivity index (χ0) is 15.3. The maximum Gasteiger partial charge on any atom is 0.411 e. The highest BCUT2D eigenvalue weighted by Gasteiger charge is 2.38. The Morgan fingerprint density at radius 2 is 2.10 bits per heavy atom. The van der Waals surface area contributed by atoms with Crippen LogP contribution >= 0.6 is 0 Å². The molecule has 0 unspecified atom stereocenters. The number of carbonyl (C=O) groups excluding carboxylic acids is 3. The third-order valence-electron chi connectivity index (χ3n) is 2.66. The van der Waals surface area contributed by atoms with Gasteiger partial charge >= 0.3 is 12.1 Å². The van der Waals surface area contributed by atoms with Crippen molar-refractivity contribution < 1.29 is 23.9 Å². The van der Waals surface area contributed by atoms with Crippen LogP contribution in [0.3, 0.4) is 0 Å². The zero-order valence-corrected chi connectivity index (χ0v) is 12.2. The van der Waals surface area contributed by atoms with Gasteiger partial charge in [0.1, 0.15) is 18.2 Å². The number of esters is 1. The number of rotatable bonds is 3. The summed E-state index contributed by atoms with van der Waals surface area (Å²) in [5.41, 5.74) is -0.687. The van der Waals surface area contributed by atoms with E-state index in [1.54, 1.807) is 20.8 Å². The quantitative estimate of drug-likeness (QED) is 0.582. The van der Waals surface area contributed by atoms with Crippen molar-refractivity contribution in [3.63, 3.8) is 0 Å². The molecule has 6 heteroatoms. The Morgan fingerprint density at radius 3 is 2.65 bits per heavy atom. The Hall–Kier alpha value is -1.85. The normalized spacial score (nSPS) is 19.4. The topological polar surface area (TPSA) is 72.9 Å². The van der Waals surface area contributed by atoms with Crippen molar-refractivity contribution in [2.24, 2.45) is 0 Å². The minimum Gasteiger partial charge on any atom is -0.460 e. The molecule has 1 aliphatic rings. The first-order chi connectivity index (χ1) is 9.24. The van der Waals surface area contributed by atoms with Crippen LogP contribution in [0.4, 0.5) is 4.79 Å². The van der Waals surface area contributed by atoms with Gasteiger partial charge < -0.3 is 9.47 Å². The summed E-state index contributed by atoms with van der Waals surface area (Å²) in [6.45, 7) is 8.58. The summed E-state index contributed by atoms with van der Waals surface area (Å²) >= 11 is 0. The van der Waals surface area contributed by atoms with E-state index < -0.39 is 23.7 Å². The van der Waals surface area contributed by atoms with Gasteiger partial charge in [-0.05, 0) is 27.2 Å². The molecule has 0 bridgehead atoms. The number of ketones is 1. The molecule has 1 amide bonds. The molecule has 1 fully saturated rings. The Kier molecular flexibility index (Phi) is 5.30. The van der Waals surface area contributed by atoms with E-state index in [-0.39, 0.29) is 31.8 Å². The van der Waals surface area contributed by atoms with E-state index in [0.717, 1.165) is 4.90 Å². The van der Waals surface area contributed by atoms with E-state index in [1.165, 1.54) is 6.08 Å². The molecular weight excluding hydrogens is 262 g/mol. The summed E-state index contributed by atoms with van der Waals surface area (Å²) in [4.78, 5) is 36.6. The van der Waals surface area contributed by atoms with Crippen LogP contribution < -0.4 is 0 Å². The maximum absolute atomic E-state index is 12.1. The molecule has 112 valence electrons. The molecule has 1 rings (SSSR count). The Balaban J connectivity index is 2.79. The molecule has 6 nitrogen and oxygen atoms in total. The molecule has 1 saturated heterocycles. The van der Waals surface area contributed by atoms with E-state index in [4.69, 9.17) is 9.47 Å². The van der Waals surface area contributed by atoms with Crippen LogP contribution in [-0.4, -0.2) is 47.5 Å². The van der Waals surface area contributed by atoms with Gasteiger partial charge in [-0.25, -0.2) is 9.59 Å². The number of hydrogen-bond acceptors (Lipinski definition) is 5. The smallest absolute Gasteiger partial charge is 0.411 e. The summed E-state index contributed by atoms with van der Waals surface area (Å²) in [5, 5.41) is 0. The average molecular weight is 283 g/mol. The Bertz CT molecular complexity index is 410. The number of hydrogen-bond donors (Lipinski definition) is 0. The van der Waals surface area contributed by atoms with Gasteiger partial charge in [-0.1, -0.05) is 12.7 Å². The van der Waals surface area contributed by atoms with Crippen molar-refractivity contribution in [1.82, 2.24) is 4.90 Å². The highest BCUT2D eigenvalue weighted by Crippen LogP contribution is 2.20. The minimum absolute atomic E-state index is 0.0748. The van der Waals surface area contributed by atoms with Gasteiger partial charge in [-0.3, -0.25) is 9.69 Å². The third-order valence-corrected chi connectivity index (χ3v) is 2.66. The number of ether oxygens (including phenoxy) is 2. The highest BCUT2D eigenvalue weighted by molar-refractivity contribution is 5.90. The molecule has 1 heterocycles. The Labute approximate surface area is 118 Å². The lowest BCUT2D eigenvalue weighted by Gasteiger charge is -2.34. The van der Waals surface area contributed by atoms with Crippen LogP contribution in [-0.2, 0) is 19.1 Å². The summed E-state index contributed by atoms with van der Waals surface area (Å²) in [6.07, 6.45) is 1.29. The van der Waals surface area contributed by atoms with Crippen molar-refractivity contribution in [2.75, 3.05) is 13.2 Å². The van der Waals surface area contributed by atoms with E-state index in [2.05, 4.69) is 6.58 Å². The number of carbonyl (C=O) groups is 3. The lowest BCUT2D eigenvalue weighted by Crippen LogP contribution is -2.52. The molecule has 1 aliphatic heterocycles. The number of likely N-dealkylation sites (tertiary alicyclic amines) is 1. The predicted molar refractivity (Wildman–Crippen MR) is 72.1 cm³/mol. The minimum atomic E-state index is -0.775. The van der Waals surface area contributed by atoms with E-state index >= 15 is 0 Å². The second-order valence-electron chi connectivity index (χ2n) is 5.62. The van der Waals surface area contributed by atoms with Crippen LogP contribution in [0.1, 0.15) is 33.6 Å². The first-order valence-electron chi connectivity index (χ1n) is 6.53. The standard InChI is InChI=1S/C14H21NO5/c1-5-8-19-12(17)11-7-6-10(16)9-15(11)13(18)20-14(2,3)4/h5,11H,1,6-9H2,2-4H3/t11-/m0/s1. The zero-order valence-electron chi connectivity index (χ0n) is 12.2. The van der Waals surface area contributed by atoms with Crippen LogP contribution in [0.25, 0.3) is 0 Å². The molecule has 0 spiro atoms. The summed E-state index contributed by atoms with van der Waals surface area (Å²) in [6, 6.07) is -0.775. The largest absolute Gasteiger partial charge is 0.460 e. The van der Waals surface area contributed by atoms with Gasteiger partial charge in [0.25, 0.3) is 0 Å². The van der Waals surface area contributed by atoms with E-state index in [0.29, 0.717) is 0 Å². The van der Waals surface area contributed by atoms with E-state index in [1.807, 2.05) is 0 Å². The summed E-state index contributed by atoms with van der Waals surface area (Å²) in [5.74, 6) is -0.633. The first-order valence-corrected chi connectivity index (χ1v) is 6.53. The second-order valence-corrected chi connectivity index (χ2v) is 5.62. The molecule has 1 atom stereocenters. The van der Waals surface area contributed by atoms with E-state index in [9.17, 15) is 14.4 Å². The number of amides is 1. The summed E-state index contributed by atoms with van der Waals surface area (Å²) in [7, 11) is 0. The van der Waals surface area contributed by atoms with Gasteiger partial charge in [0.2, 0.25) is 0 Å². The van der Waals surface area contributed by atoms with Crippen molar-refractivity contribution in [3.05, 3.63) is 12.7 Å². The van der Waals surface area contributed by atoms with Crippen LogP contribution in [0.2, 0.25) is 0 Å². The molecular formula is C14H21NO5. The third kappa shape index (κ3) is 4.68. The molecule has 0 aliphatic carbocycles. The lowest BCUT2D eigenvalue weighted by atomic mass is 10.0. The van der Waals surface area contributed by atoms with Gasteiger partial charge in [-0.2, -0.15) is 0 Å². The molecule has 0 aromatic rings. The van der Waals surface area contributed by atoms with Crippen molar-refractivity contribution in [3.8, 4) is 0 Å². The Morgan fingerprint density at radius 1 is 1.45 bits per heavy atom. The van der Waals surface area contributed by atoms with Crippen molar-refractivity contribution >= 4 is 17.8 Å². The monoisotopic (exact) mass is 283 g/mol. The van der Waals surface area contributed by atoms with Crippen molar-refractivity contribution in [1.29, 1.82) is 0 Å². The molecule has 0 aromatic carbocycles. The fourth-order valence-electron chi connectivity index (χ4n) is 1.83. The fraction of sp³-hybridized carbons (Fsp3) is 0.643. The number of nitrogens with zero attached hydrogens (tertiary/aromatic N) is 1. The average Bonchev–Trinajstić information content (AvgIpc) is 2.33. The molecule has 20 heavy (non-hydrogen) atoms. The maximum atomic E-state index is 12.1. The molecule has 0 radical (unpaired) electrons. The van der Waals surface area contributed by atoms with Gasteiger partial charge in [0.05, 0.1) is 6.54 Å². The number of Topliss-reactive ketones (excluding diaryl/α,β-unsaturated/α-hetero) is 1. The van der Waals surface area contributed by atoms with Crippen molar-refractivity contribution in [2.45, 2.75) is 45.3 Å². The SMILES string of the molecule is C=CCOC(=O)[C@@H]1CCC(=O)CN1C(=O)OC(C)(C)C. The van der Waals surface area contributed by atoms with Crippen LogP contribution in [0.5, 0.6) is 0 Å². The molecule has 0 saturated carbocycles. The lowest BCUT2D eigenvalue weighted by molar-refractivity contribution is -0.151. The van der Waals surface area contributed by atoms with Crippen LogP contribution in [0.15, 0.2) is 12.7 Å². The summed E-state index contributed by atoms with van der Waals surface area (Å²) < 4.78 is 10.2. The first kappa shape index (κ1) is 16.2.